The highest BCUT2D eigenvalue weighted by atomic mass is 35.5. The molecular formula is C14H17ClFN3O. The van der Waals surface area contributed by atoms with Crippen LogP contribution in [0.15, 0.2) is 18.2 Å². The summed E-state index contributed by atoms with van der Waals surface area (Å²) in [7, 11) is 3.36. The number of nitriles is 1. The maximum absolute atomic E-state index is 13.6. The van der Waals surface area contributed by atoms with Crippen molar-refractivity contribution in [3.05, 3.63) is 34.6 Å². The topological polar surface area (TPSA) is 47.3 Å². The fourth-order valence-corrected chi connectivity index (χ4v) is 1.93. The molecule has 20 heavy (non-hydrogen) atoms. The SMILES string of the molecule is CN(CC(=O)N(C)CCC#N)Cc1c(F)cccc1Cl. The van der Waals surface area contributed by atoms with Crippen molar-refractivity contribution in [3.8, 4) is 6.07 Å². The van der Waals surface area contributed by atoms with E-state index in [-0.39, 0.29) is 24.8 Å². The molecule has 0 bridgehead atoms. The van der Waals surface area contributed by atoms with E-state index in [1.54, 1.807) is 31.1 Å². The molecule has 1 aromatic carbocycles. The first-order valence-corrected chi connectivity index (χ1v) is 6.56. The lowest BCUT2D eigenvalue weighted by atomic mass is 10.2. The highest BCUT2D eigenvalue weighted by Gasteiger charge is 2.14. The lowest BCUT2D eigenvalue weighted by Crippen LogP contribution is -2.37. The summed E-state index contributed by atoms with van der Waals surface area (Å²) in [5.74, 6) is -0.496. The average molecular weight is 298 g/mol. The van der Waals surface area contributed by atoms with Gasteiger partial charge in [-0.2, -0.15) is 5.26 Å². The smallest absolute Gasteiger partial charge is 0.236 e. The highest BCUT2D eigenvalue weighted by Crippen LogP contribution is 2.20. The van der Waals surface area contributed by atoms with Gasteiger partial charge in [-0.3, -0.25) is 9.69 Å². The minimum Gasteiger partial charge on any atom is -0.344 e. The largest absolute Gasteiger partial charge is 0.344 e. The van der Waals surface area contributed by atoms with Gasteiger partial charge >= 0.3 is 0 Å². The summed E-state index contributed by atoms with van der Waals surface area (Å²) in [5.41, 5.74) is 0.379. The molecule has 0 aliphatic carbocycles. The first-order valence-electron chi connectivity index (χ1n) is 6.18. The zero-order valence-electron chi connectivity index (χ0n) is 11.6. The molecular weight excluding hydrogens is 281 g/mol. The molecule has 0 spiro atoms. The average Bonchev–Trinajstić information content (AvgIpc) is 2.40. The van der Waals surface area contributed by atoms with Gasteiger partial charge in [-0.15, -0.1) is 0 Å². The Balaban J connectivity index is 2.58. The molecule has 0 aromatic heterocycles. The number of rotatable bonds is 6. The summed E-state index contributed by atoms with van der Waals surface area (Å²) in [6.45, 7) is 0.791. The second-order valence-electron chi connectivity index (χ2n) is 4.60. The van der Waals surface area contributed by atoms with Gasteiger partial charge in [-0.1, -0.05) is 17.7 Å². The molecule has 108 valence electrons. The van der Waals surface area contributed by atoms with Gasteiger partial charge in [0.1, 0.15) is 5.82 Å². The van der Waals surface area contributed by atoms with Crippen molar-refractivity contribution < 1.29 is 9.18 Å². The van der Waals surface area contributed by atoms with Crippen molar-refractivity contribution >= 4 is 17.5 Å². The maximum Gasteiger partial charge on any atom is 0.236 e. The Labute approximate surface area is 123 Å². The zero-order chi connectivity index (χ0) is 15.1. The third kappa shape index (κ3) is 4.80. The van der Waals surface area contributed by atoms with E-state index in [1.807, 2.05) is 6.07 Å². The third-order valence-corrected chi connectivity index (χ3v) is 3.23. The van der Waals surface area contributed by atoms with Gasteiger partial charge in [0.2, 0.25) is 5.91 Å². The van der Waals surface area contributed by atoms with E-state index in [4.69, 9.17) is 16.9 Å². The van der Waals surface area contributed by atoms with Crippen LogP contribution in [-0.2, 0) is 11.3 Å². The number of benzene rings is 1. The molecule has 6 heteroatoms. The first kappa shape index (κ1) is 16.4. The van der Waals surface area contributed by atoms with Crippen molar-refractivity contribution in [2.75, 3.05) is 27.2 Å². The van der Waals surface area contributed by atoms with E-state index in [0.29, 0.717) is 23.6 Å². The van der Waals surface area contributed by atoms with Crippen LogP contribution in [0.1, 0.15) is 12.0 Å². The fraction of sp³-hybridized carbons (Fsp3) is 0.429. The van der Waals surface area contributed by atoms with E-state index in [1.165, 1.54) is 11.0 Å². The Hall–Kier alpha value is -1.64. The lowest BCUT2D eigenvalue weighted by molar-refractivity contribution is -0.130. The summed E-state index contributed by atoms with van der Waals surface area (Å²) in [5, 5.41) is 8.83. The van der Waals surface area contributed by atoms with Crippen molar-refractivity contribution in [2.24, 2.45) is 0 Å². The third-order valence-electron chi connectivity index (χ3n) is 2.88. The van der Waals surface area contributed by atoms with Crippen LogP contribution in [0, 0.1) is 17.1 Å². The molecule has 0 N–H and O–H groups in total. The first-order chi connectivity index (χ1) is 9.45. The summed E-state index contributed by atoms with van der Waals surface area (Å²) in [4.78, 5) is 15.0. The normalized spacial score (nSPS) is 10.4. The molecule has 0 aliphatic heterocycles. The van der Waals surface area contributed by atoms with Crippen LogP contribution in [0.2, 0.25) is 5.02 Å². The van der Waals surface area contributed by atoms with Gasteiger partial charge in [-0.05, 0) is 19.2 Å². The molecule has 0 atom stereocenters. The van der Waals surface area contributed by atoms with E-state index < -0.39 is 0 Å². The van der Waals surface area contributed by atoms with Crippen LogP contribution in [-0.4, -0.2) is 42.9 Å². The number of amides is 1. The fourth-order valence-electron chi connectivity index (χ4n) is 1.70. The number of hydrogen-bond donors (Lipinski definition) is 0. The zero-order valence-corrected chi connectivity index (χ0v) is 12.3. The van der Waals surface area contributed by atoms with E-state index >= 15 is 0 Å². The number of likely N-dealkylation sites (N-methyl/N-ethyl adjacent to an activating group) is 2. The van der Waals surface area contributed by atoms with Gasteiger partial charge in [0.25, 0.3) is 0 Å². The Kier molecular flexibility index (Phi) is 6.43. The van der Waals surface area contributed by atoms with Crippen LogP contribution in [0.4, 0.5) is 4.39 Å². The van der Waals surface area contributed by atoms with E-state index in [0.717, 1.165) is 0 Å². The minimum atomic E-state index is -0.380. The molecule has 0 fully saturated rings. The summed E-state index contributed by atoms with van der Waals surface area (Å²) in [6.07, 6.45) is 0.297. The van der Waals surface area contributed by atoms with Crippen molar-refractivity contribution in [1.82, 2.24) is 9.80 Å². The molecule has 1 aromatic rings. The van der Waals surface area contributed by atoms with Crippen LogP contribution in [0.25, 0.3) is 0 Å². The summed E-state index contributed by atoms with van der Waals surface area (Å²) in [6, 6.07) is 6.49. The molecule has 0 unspecified atom stereocenters. The number of hydrogen-bond acceptors (Lipinski definition) is 3. The predicted molar refractivity (Wildman–Crippen MR) is 75.6 cm³/mol. The standard InChI is InChI=1S/C14H17ClFN3O/c1-18(10-14(20)19(2)8-4-7-17)9-11-12(15)5-3-6-13(11)16/h3,5-6H,4,8-10H2,1-2H3. The number of nitrogens with zero attached hydrogens (tertiary/aromatic N) is 3. The van der Waals surface area contributed by atoms with Crippen molar-refractivity contribution in [3.63, 3.8) is 0 Å². The monoisotopic (exact) mass is 297 g/mol. The maximum atomic E-state index is 13.6. The molecule has 0 heterocycles. The summed E-state index contributed by atoms with van der Waals surface area (Å²) < 4.78 is 13.6. The van der Waals surface area contributed by atoms with Gasteiger partial charge in [0.15, 0.2) is 0 Å². The Morgan fingerprint density at radius 3 is 2.75 bits per heavy atom. The number of halogens is 2. The molecule has 0 saturated heterocycles. The quantitative estimate of drug-likeness (QED) is 0.809. The number of carbonyl (C=O) groups excluding carboxylic acids is 1. The Morgan fingerprint density at radius 1 is 1.45 bits per heavy atom. The second-order valence-corrected chi connectivity index (χ2v) is 5.00. The predicted octanol–water partition coefficient (Wildman–Crippen LogP) is 2.28. The van der Waals surface area contributed by atoms with Crippen LogP contribution in [0.3, 0.4) is 0 Å². The molecule has 1 rings (SSSR count). The molecule has 0 saturated carbocycles. The second kappa shape index (κ2) is 7.83. The van der Waals surface area contributed by atoms with Gasteiger partial charge in [0.05, 0.1) is 19.0 Å². The number of carbonyl (C=O) groups is 1. The van der Waals surface area contributed by atoms with E-state index in [2.05, 4.69) is 0 Å². The van der Waals surface area contributed by atoms with Crippen LogP contribution in [0.5, 0.6) is 0 Å². The van der Waals surface area contributed by atoms with Crippen molar-refractivity contribution in [2.45, 2.75) is 13.0 Å². The van der Waals surface area contributed by atoms with Gasteiger partial charge < -0.3 is 4.90 Å². The Bertz CT molecular complexity index is 495. The van der Waals surface area contributed by atoms with Gasteiger partial charge in [0, 0.05) is 30.7 Å². The van der Waals surface area contributed by atoms with Gasteiger partial charge in [-0.25, -0.2) is 4.39 Å². The highest BCUT2D eigenvalue weighted by molar-refractivity contribution is 6.31. The van der Waals surface area contributed by atoms with Crippen LogP contribution >= 0.6 is 11.6 Å². The van der Waals surface area contributed by atoms with Crippen molar-refractivity contribution in [1.29, 1.82) is 5.26 Å². The Morgan fingerprint density at radius 2 is 2.15 bits per heavy atom. The minimum absolute atomic E-state index is 0.116. The molecule has 4 nitrogen and oxygen atoms in total. The summed E-state index contributed by atoms with van der Waals surface area (Å²) >= 11 is 5.94. The molecule has 0 aliphatic rings. The lowest BCUT2D eigenvalue weighted by Gasteiger charge is -2.21. The molecule has 0 radical (unpaired) electrons. The molecule has 1 amide bonds. The van der Waals surface area contributed by atoms with Crippen LogP contribution < -0.4 is 0 Å². The van der Waals surface area contributed by atoms with E-state index in [9.17, 15) is 9.18 Å².